The highest BCUT2D eigenvalue weighted by Crippen LogP contribution is 1.95. The van der Waals surface area contributed by atoms with Crippen LogP contribution in [0, 0.1) is 0 Å². The van der Waals surface area contributed by atoms with Crippen molar-refractivity contribution in [3.05, 3.63) is 0 Å². The molecule has 0 atom stereocenters. The fourth-order valence-corrected chi connectivity index (χ4v) is 1.86. The molecule has 0 bridgehead atoms. The average molecular weight is 245 g/mol. The SMILES string of the molecule is CCN(CC)CCCN(CC)CCOCCN. The summed E-state index contributed by atoms with van der Waals surface area (Å²) in [7, 11) is 0. The zero-order valence-electron chi connectivity index (χ0n) is 12.0. The van der Waals surface area contributed by atoms with Crippen LogP contribution in [-0.4, -0.2) is 68.8 Å². The van der Waals surface area contributed by atoms with Crippen molar-refractivity contribution in [2.45, 2.75) is 27.2 Å². The maximum absolute atomic E-state index is 5.41. The molecule has 4 heteroatoms. The van der Waals surface area contributed by atoms with Gasteiger partial charge in [0.15, 0.2) is 0 Å². The third kappa shape index (κ3) is 9.53. The van der Waals surface area contributed by atoms with Crippen molar-refractivity contribution in [2.75, 3.05) is 59.0 Å². The van der Waals surface area contributed by atoms with Crippen LogP contribution in [0.25, 0.3) is 0 Å². The van der Waals surface area contributed by atoms with Crippen molar-refractivity contribution in [1.29, 1.82) is 0 Å². The summed E-state index contributed by atoms with van der Waals surface area (Å²) < 4.78 is 5.41. The summed E-state index contributed by atoms with van der Waals surface area (Å²) in [5.41, 5.74) is 5.38. The number of rotatable bonds is 12. The van der Waals surface area contributed by atoms with E-state index < -0.39 is 0 Å². The molecule has 0 rings (SSSR count). The summed E-state index contributed by atoms with van der Waals surface area (Å²) in [6.45, 7) is 15.6. The van der Waals surface area contributed by atoms with Crippen LogP contribution in [0.4, 0.5) is 0 Å². The van der Waals surface area contributed by atoms with Gasteiger partial charge in [-0.15, -0.1) is 0 Å². The lowest BCUT2D eigenvalue weighted by Gasteiger charge is -2.23. The van der Waals surface area contributed by atoms with Gasteiger partial charge in [0.25, 0.3) is 0 Å². The molecule has 4 nitrogen and oxygen atoms in total. The Balaban J connectivity index is 3.53. The molecule has 17 heavy (non-hydrogen) atoms. The van der Waals surface area contributed by atoms with Gasteiger partial charge in [-0.25, -0.2) is 0 Å². The summed E-state index contributed by atoms with van der Waals surface area (Å²) >= 11 is 0. The molecule has 0 amide bonds. The van der Waals surface area contributed by atoms with E-state index in [0.717, 1.165) is 32.8 Å². The second-order valence-corrected chi connectivity index (χ2v) is 4.22. The molecule has 0 aliphatic carbocycles. The first-order chi connectivity index (χ1) is 8.28. The van der Waals surface area contributed by atoms with Crippen LogP contribution in [0.15, 0.2) is 0 Å². The fraction of sp³-hybridized carbons (Fsp3) is 1.00. The molecule has 0 unspecified atom stereocenters. The van der Waals surface area contributed by atoms with Gasteiger partial charge in [-0.05, 0) is 39.1 Å². The molecule has 2 N–H and O–H groups in total. The van der Waals surface area contributed by atoms with E-state index in [0.29, 0.717) is 13.2 Å². The molecule has 104 valence electrons. The van der Waals surface area contributed by atoms with Crippen molar-refractivity contribution in [3.8, 4) is 0 Å². The second kappa shape index (κ2) is 12.3. The largest absolute Gasteiger partial charge is 0.379 e. The number of ether oxygens (including phenoxy) is 1. The minimum atomic E-state index is 0.619. The number of hydrogen-bond donors (Lipinski definition) is 1. The van der Waals surface area contributed by atoms with E-state index in [1.54, 1.807) is 0 Å². The smallest absolute Gasteiger partial charge is 0.0594 e. The first-order valence-electron chi connectivity index (χ1n) is 7.00. The summed E-state index contributed by atoms with van der Waals surface area (Å²) in [5.74, 6) is 0. The Morgan fingerprint density at radius 1 is 0.824 bits per heavy atom. The molecule has 0 fully saturated rings. The van der Waals surface area contributed by atoms with Gasteiger partial charge in [0, 0.05) is 13.1 Å². The molecule has 0 saturated heterocycles. The molecule has 0 saturated carbocycles. The summed E-state index contributed by atoms with van der Waals surface area (Å²) in [5, 5.41) is 0. The van der Waals surface area contributed by atoms with Gasteiger partial charge in [0.05, 0.1) is 13.2 Å². The zero-order chi connectivity index (χ0) is 12.9. The molecule has 0 aliphatic heterocycles. The summed E-state index contributed by atoms with van der Waals surface area (Å²) in [6, 6.07) is 0. The molecule has 0 radical (unpaired) electrons. The van der Waals surface area contributed by atoms with E-state index in [1.807, 2.05) is 0 Å². The predicted molar refractivity (Wildman–Crippen MR) is 74.4 cm³/mol. The molecular weight excluding hydrogens is 214 g/mol. The third-order valence-electron chi connectivity index (χ3n) is 3.10. The first-order valence-corrected chi connectivity index (χ1v) is 7.00. The van der Waals surface area contributed by atoms with Crippen LogP contribution in [-0.2, 0) is 4.74 Å². The summed E-state index contributed by atoms with van der Waals surface area (Å²) in [6.07, 6.45) is 1.24. The van der Waals surface area contributed by atoms with E-state index in [9.17, 15) is 0 Å². The predicted octanol–water partition coefficient (Wildman–Crippen LogP) is 1.02. The lowest BCUT2D eigenvalue weighted by atomic mass is 10.3. The summed E-state index contributed by atoms with van der Waals surface area (Å²) in [4.78, 5) is 4.92. The van der Waals surface area contributed by atoms with Gasteiger partial charge in [-0.3, -0.25) is 0 Å². The van der Waals surface area contributed by atoms with E-state index in [2.05, 4.69) is 30.6 Å². The van der Waals surface area contributed by atoms with Crippen LogP contribution >= 0.6 is 0 Å². The minimum Gasteiger partial charge on any atom is -0.379 e. The topological polar surface area (TPSA) is 41.7 Å². The number of nitrogens with zero attached hydrogens (tertiary/aromatic N) is 2. The Morgan fingerprint density at radius 3 is 1.94 bits per heavy atom. The Labute approximate surface area is 107 Å². The molecule has 0 spiro atoms. The Hall–Kier alpha value is -0.160. The van der Waals surface area contributed by atoms with Gasteiger partial charge in [-0.1, -0.05) is 20.8 Å². The lowest BCUT2D eigenvalue weighted by molar-refractivity contribution is 0.109. The molecule has 0 heterocycles. The van der Waals surface area contributed by atoms with Gasteiger partial charge in [0.2, 0.25) is 0 Å². The van der Waals surface area contributed by atoms with Crippen molar-refractivity contribution in [2.24, 2.45) is 5.73 Å². The van der Waals surface area contributed by atoms with Gasteiger partial charge < -0.3 is 20.3 Å². The number of hydrogen-bond acceptors (Lipinski definition) is 4. The van der Waals surface area contributed by atoms with Crippen molar-refractivity contribution >= 4 is 0 Å². The van der Waals surface area contributed by atoms with Crippen molar-refractivity contribution in [3.63, 3.8) is 0 Å². The van der Waals surface area contributed by atoms with Crippen LogP contribution in [0.2, 0.25) is 0 Å². The van der Waals surface area contributed by atoms with E-state index in [1.165, 1.54) is 19.5 Å². The average Bonchev–Trinajstić information content (AvgIpc) is 2.37. The Bertz CT molecular complexity index is 152. The van der Waals surface area contributed by atoms with Crippen molar-refractivity contribution in [1.82, 2.24) is 9.80 Å². The van der Waals surface area contributed by atoms with Crippen LogP contribution in [0.3, 0.4) is 0 Å². The maximum atomic E-state index is 5.41. The highest BCUT2D eigenvalue weighted by atomic mass is 16.5. The molecule has 0 aromatic carbocycles. The fourth-order valence-electron chi connectivity index (χ4n) is 1.86. The highest BCUT2D eigenvalue weighted by Gasteiger charge is 2.03. The molecule has 0 aromatic heterocycles. The Kier molecular flexibility index (Phi) is 12.2. The number of nitrogens with two attached hydrogens (primary N) is 1. The Morgan fingerprint density at radius 2 is 1.41 bits per heavy atom. The maximum Gasteiger partial charge on any atom is 0.0594 e. The highest BCUT2D eigenvalue weighted by molar-refractivity contribution is 4.59. The normalized spacial score (nSPS) is 11.6. The third-order valence-corrected chi connectivity index (χ3v) is 3.10. The minimum absolute atomic E-state index is 0.619. The number of likely N-dealkylation sites (N-methyl/N-ethyl adjacent to an activating group) is 1. The quantitative estimate of drug-likeness (QED) is 0.521. The van der Waals surface area contributed by atoms with E-state index >= 15 is 0 Å². The van der Waals surface area contributed by atoms with Gasteiger partial charge >= 0.3 is 0 Å². The van der Waals surface area contributed by atoms with E-state index in [4.69, 9.17) is 10.5 Å². The molecular formula is C13H31N3O. The zero-order valence-corrected chi connectivity index (χ0v) is 12.0. The van der Waals surface area contributed by atoms with Crippen LogP contribution in [0.5, 0.6) is 0 Å². The first kappa shape index (κ1) is 16.8. The van der Waals surface area contributed by atoms with Crippen LogP contribution in [0.1, 0.15) is 27.2 Å². The standard InChI is InChI=1S/C13H31N3O/c1-4-15(5-2)9-7-10-16(6-3)11-13-17-12-8-14/h4-14H2,1-3H3. The van der Waals surface area contributed by atoms with Gasteiger partial charge in [0.1, 0.15) is 0 Å². The lowest BCUT2D eigenvalue weighted by Crippen LogP contribution is -2.32. The van der Waals surface area contributed by atoms with Crippen LogP contribution < -0.4 is 5.73 Å². The van der Waals surface area contributed by atoms with Gasteiger partial charge in [-0.2, -0.15) is 0 Å². The van der Waals surface area contributed by atoms with Crippen molar-refractivity contribution < 1.29 is 4.74 Å². The second-order valence-electron chi connectivity index (χ2n) is 4.22. The monoisotopic (exact) mass is 245 g/mol. The molecule has 0 aliphatic rings. The van der Waals surface area contributed by atoms with E-state index in [-0.39, 0.29) is 0 Å². The molecule has 0 aromatic rings.